The molecule has 1 fully saturated rings. The van der Waals surface area contributed by atoms with E-state index in [2.05, 4.69) is 24.0 Å². The lowest BCUT2D eigenvalue weighted by Gasteiger charge is -2.32. The highest BCUT2D eigenvalue weighted by atomic mass is 14.7. The Labute approximate surface area is 91.9 Å². The number of pyridine rings is 1. The summed E-state index contributed by atoms with van der Waals surface area (Å²) in [5.74, 6) is 1.32. The number of aryl methyl sites for hydroxylation is 1. The lowest BCUT2D eigenvalue weighted by Crippen LogP contribution is -2.34. The van der Waals surface area contributed by atoms with Crippen LogP contribution < -0.4 is 5.73 Å². The fourth-order valence-electron chi connectivity index (χ4n) is 2.49. The minimum absolute atomic E-state index is 0.325. The first-order valence-corrected chi connectivity index (χ1v) is 5.85. The summed E-state index contributed by atoms with van der Waals surface area (Å²) in [6.45, 7) is 4.34. The van der Waals surface area contributed by atoms with Gasteiger partial charge in [-0.05, 0) is 43.7 Å². The molecule has 1 saturated carbocycles. The van der Waals surface area contributed by atoms with Crippen LogP contribution in [0.25, 0.3) is 0 Å². The Morgan fingerprint density at radius 1 is 1.33 bits per heavy atom. The molecule has 0 radical (unpaired) electrons. The molecule has 1 aromatic heterocycles. The molecule has 1 heterocycles. The smallest absolute Gasteiger partial charge is 0.0372 e. The SMILES string of the molecule is Cc1ccc(C2CC(C)CCC2N)cn1. The Hall–Kier alpha value is -0.890. The number of rotatable bonds is 1. The van der Waals surface area contributed by atoms with E-state index in [0.717, 1.165) is 18.0 Å². The van der Waals surface area contributed by atoms with Gasteiger partial charge in [0.05, 0.1) is 0 Å². The minimum Gasteiger partial charge on any atom is -0.327 e. The fraction of sp³-hybridized carbons (Fsp3) is 0.615. The van der Waals surface area contributed by atoms with Crippen molar-refractivity contribution in [1.29, 1.82) is 0 Å². The molecule has 0 spiro atoms. The van der Waals surface area contributed by atoms with E-state index in [1.54, 1.807) is 0 Å². The third-order valence-electron chi connectivity index (χ3n) is 3.53. The van der Waals surface area contributed by atoms with Gasteiger partial charge in [-0.15, -0.1) is 0 Å². The quantitative estimate of drug-likeness (QED) is 0.763. The zero-order valence-electron chi connectivity index (χ0n) is 9.61. The maximum absolute atomic E-state index is 6.18. The number of hydrogen-bond donors (Lipinski definition) is 1. The van der Waals surface area contributed by atoms with E-state index in [0.29, 0.717) is 12.0 Å². The Bertz CT molecular complexity index is 318. The average Bonchev–Trinajstić information content (AvgIpc) is 2.23. The predicted octanol–water partition coefficient (Wildman–Crippen LogP) is 2.62. The van der Waals surface area contributed by atoms with Crippen LogP contribution in [0.1, 0.15) is 43.4 Å². The van der Waals surface area contributed by atoms with Gasteiger partial charge in [0.15, 0.2) is 0 Å². The first-order chi connectivity index (χ1) is 7.16. The highest BCUT2D eigenvalue weighted by molar-refractivity contribution is 5.20. The molecule has 1 aliphatic carbocycles. The molecule has 3 atom stereocenters. The van der Waals surface area contributed by atoms with Crippen LogP contribution in [-0.4, -0.2) is 11.0 Å². The molecule has 2 heteroatoms. The van der Waals surface area contributed by atoms with Crippen molar-refractivity contribution in [1.82, 2.24) is 4.98 Å². The monoisotopic (exact) mass is 204 g/mol. The molecular weight excluding hydrogens is 184 g/mol. The van der Waals surface area contributed by atoms with Crippen molar-refractivity contribution in [2.24, 2.45) is 11.7 Å². The summed E-state index contributed by atoms with van der Waals surface area (Å²) >= 11 is 0. The number of nitrogens with two attached hydrogens (primary N) is 1. The fourth-order valence-corrected chi connectivity index (χ4v) is 2.49. The second kappa shape index (κ2) is 4.31. The molecule has 3 unspecified atom stereocenters. The number of nitrogens with zero attached hydrogens (tertiary/aromatic N) is 1. The Balaban J connectivity index is 2.17. The Morgan fingerprint density at radius 3 is 2.80 bits per heavy atom. The van der Waals surface area contributed by atoms with Crippen molar-refractivity contribution < 1.29 is 0 Å². The van der Waals surface area contributed by atoms with Gasteiger partial charge in [-0.1, -0.05) is 13.0 Å². The second-order valence-electron chi connectivity index (χ2n) is 4.92. The van der Waals surface area contributed by atoms with Gasteiger partial charge in [0.1, 0.15) is 0 Å². The van der Waals surface area contributed by atoms with Crippen LogP contribution in [0.3, 0.4) is 0 Å². The molecule has 1 aromatic rings. The number of hydrogen-bond acceptors (Lipinski definition) is 2. The van der Waals surface area contributed by atoms with Crippen LogP contribution in [0.15, 0.2) is 18.3 Å². The van der Waals surface area contributed by atoms with Gasteiger partial charge < -0.3 is 5.73 Å². The molecule has 82 valence electrons. The molecule has 0 saturated heterocycles. The lowest BCUT2D eigenvalue weighted by molar-refractivity contribution is 0.306. The van der Waals surface area contributed by atoms with Crippen molar-refractivity contribution in [2.45, 2.75) is 45.1 Å². The van der Waals surface area contributed by atoms with Crippen LogP contribution in [0.4, 0.5) is 0 Å². The maximum atomic E-state index is 6.18. The summed E-state index contributed by atoms with van der Waals surface area (Å²) in [7, 11) is 0. The topological polar surface area (TPSA) is 38.9 Å². The third-order valence-corrected chi connectivity index (χ3v) is 3.53. The largest absolute Gasteiger partial charge is 0.327 e. The summed E-state index contributed by atoms with van der Waals surface area (Å²) < 4.78 is 0. The van der Waals surface area contributed by atoms with Gasteiger partial charge >= 0.3 is 0 Å². The standard InChI is InChI=1S/C13H20N2/c1-9-3-6-13(14)12(7-9)11-5-4-10(2)15-8-11/h4-5,8-9,12-13H,3,6-7,14H2,1-2H3. The molecule has 1 aliphatic rings. The molecular formula is C13H20N2. The zero-order chi connectivity index (χ0) is 10.8. The van der Waals surface area contributed by atoms with Gasteiger partial charge in [-0.3, -0.25) is 4.98 Å². The van der Waals surface area contributed by atoms with Crippen molar-refractivity contribution in [3.8, 4) is 0 Å². The van der Waals surface area contributed by atoms with Crippen molar-refractivity contribution >= 4 is 0 Å². The van der Waals surface area contributed by atoms with Gasteiger partial charge in [0.25, 0.3) is 0 Å². The van der Waals surface area contributed by atoms with Gasteiger partial charge in [0.2, 0.25) is 0 Å². The van der Waals surface area contributed by atoms with Gasteiger partial charge in [-0.2, -0.15) is 0 Å². The first-order valence-electron chi connectivity index (χ1n) is 5.85. The molecule has 2 N–H and O–H groups in total. The zero-order valence-corrected chi connectivity index (χ0v) is 9.61. The van der Waals surface area contributed by atoms with E-state index in [-0.39, 0.29) is 0 Å². The normalized spacial score (nSPS) is 31.5. The molecule has 0 aliphatic heterocycles. The number of aromatic nitrogens is 1. The van der Waals surface area contributed by atoms with E-state index in [1.807, 2.05) is 13.1 Å². The predicted molar refractivity (Wildman–Crippen MR) is 62.7 cm³/mol. The molecule has 0 aromatic carbocycles. The Kier molecular flexibility index (Phi) is 3.06. The van der Waals surface area contributed by atoms with Crippen LogP contribution in [0.5, 0.6) is 0 Å². The maximum Gasteiger partial charge on any atom is 0.0372 e. The lowest BCUT2D eigenvalue weighted by atomic mass is 9.76. The summed E-state index contributed by atoms with van der Waals surface area (Å²) in [5.41, 5.74) is 8.58. The van der Waals surface area contributed by atoms with E-state index in [1.165, 1.54) is 18.4 Å². The highest BCUT2D eigenvalue weighted by Gasteiger charge is 2.27. The Morgan fingerprint density at radius 2 is 2.13 bits per heavy atom. The highest BCUT2D eigenvalue weighted by Crippen LogP contribution is 2.34. The summed E-state index contributed by atoms with van der Waals surface area (Å²) in [4.78, 5) is 4.36. The van der Waals surface area contributed by atoms with E-state index in [9.17, 15) is 0 Å². The molecule has 15 heavy (non-hydrogen) atoms. The minimum atomic E-state index is 0.325. The summed E-state index contributed by atoms with van der Waals surface area (Å²) in [5, 5.41) is 0. The molecule has 2 rings (SSSR count). The average molecular weight is 204 g/mol. The van der Waals surface area contributed by atoms with Crippen LogP contribution in [0.2, 0.25) is 0 Å². The molecule has 0 amide bonds. The van der Waals surface area contributed by atoms with Crippen molar-refractivity contribution in [3.05, 3.63) is 29.6 Å². The molecule has 2 nitrogen and oxygen atoms in total. The van der Waals surface area contributed by atoms with Crippen molar-refractivity contribution in [2.75, 3.05) is 0 Å². The molecule has 0 bridgehead atoms. The van der Waals surface area contributed by atoms with Gasteiger partial charge in [-0.25, -0.2) is 0 Å². The third kappa shape index (κ3) is 2.37. The van der Waals surface area contributed by atoms with E-state index in [4.69, 9.17) is 5.73 Å². The van der Waals surface area contributed by atoms with Crippen LogP contribution in [-0.2, 0) is 0 Å². The summed E-state index contributed by atoms with van der Waals surface area (Å²) in [6, 6.07) is 4.59. The first kappa shape index (κ1) is 10.6. The summed E-state index contributed by atoms with van der Waals surface area (Å²) in [6.07, 6.45) is 5.64. The van der Waals surface area contributed by atoms with Crippen molar-refractivity contribution in [3.63, 3.8) is 0 Å². The van der Waals surface area contributed by atoms with E-state index < -0.39 is 0 Å². The second-order valence-corrected chi connectivity index (χ2v) is 4.92. The van der Waals surface area contributed by atoms with E-state index >= 15 is 0 Å². The van der Waals surface area contributed by atoms with Crippen LogP contribution in [0, 0.1) is 12.8 Å². The van der Waals surface area contributed by atoms with Gasteiger partial charge in [0, 0.05) is 23.9 Å². The van der Waals surface area contributed by atoms with Crippen LogP contribution >= 0.6 is 0 Å².